The second-order valence-electron chi connectivity index (χ2n) is 12.8. The molecule has 0 spiro atoms. The van der Waals surface area contributed by atoms with Crippen LogP contribution in [0.4, 0.5) is 5.69 Å². The number of anilines is 1. The maximum absolute atomic E-state index is 13.4. The number of rotatable bonds is 6. The quantitative estimate of drug-likeness (QED) is 0.314. The number of likely N-dealkylation sites (tertiary alicyclic amines) is 1. The summed E-state index contributed by atoms with van der Waals surface area (Å²) in [6.07, 6.45) is 8.13. The second-order valence-corrected chi connectivity index (χ2v) is 12.8. The van der Waals surface area contributed by atoms with Crippen LogP contribution in [0.15, 0.2) is 42.7 Å². The van der Waals surface area contributed by atoms with Crippen molar-refractivity contribution in [3.05, 3.63) is 59.4 Å². The summed E-state index contributed by atoms with van der Waals surface area (Å²) < 4.78 is 2.08. The van der Waals surface area contributed by atoms with Crippen LogP contribution in [0.25, 0.3) is 10.8 Å². The molecule has 3 fully saturated rings. The molecule has 0 bridgehead atoms. The molecule has 1 aliphatic carbocycles. The summed E-state index contributed by atoms with van der Waals surface area (Å²) in [5, 5.41) is 28.4. The number of piperidine rings is 2. The van der Waals surface area contributed by atoms with Crippen molar-refractivity contribution >= 4 is 34.2 Å². The van der Waals surface area contributed by atoms with Gasteiger partial charge in [-0.1, -0.05) is 25.1 Å². The van der Waals surface area contributed by atoms with E-state index in [1.165, 1.54) is 0 Å². The molecule has 3 amide bonds. The number of carbonyl (C=O) groups is 3. The van der Waals surface area contributed by atoms with Crippen molar-refractivity contribution in [2.24, 2.45) is 5.41 Å². The van der Waals surface area contributed by atoms with Gasteiger partial charge in [0.15, 0.2) is 5.79 Å². The van der Waals surface area contributed by atoms with Gasteiger partial charge in [0, 0.05) is 62.5 Å². The third-order valence-corrected chi connectivity index (χ3v) is 9.35. The first-order chi connectivity index (χ1) is 19.6. The highest BCUT2D eigenvalue weighted by Crippen LogP contribution is 2.47. The first kappa shape index (κ1) is 26.3. The third kappa shape index (κ3) is 4.64. The Kier molecular flexibility index (Phi) is 6.08. The number of hydrogen-bond donors (Lipinski definition) is 3. The van der Waals surface area contributed by atoms with Gasteiger partial charge in [-0.05, 0) is 53.3 Å². The highest BCUT2D eigenvalue weighted by Gasteiger charge is 2.50. The normalized spacial score (nSPS) is 24.1. The highest BCUT2D eigenvalue weighted by atomic mass is 16.5. The van der Waals surface area contributed by atoms with Crippen molar-refractivity contribution in [3.8, 4) is 0 Å². The fraction of sp³-hybridized carbons (Fsp3) is 0.484. The minimum atomic E-state index is -1.49. The van der Waals surface area contributed by atoms with Crippen LogP contribution in [0.2, 0.25) is 0 Å². The van der Waals surface area contributed by atoms with Crippen molar-refractivity contribution in [1.82, 2.24) is 20.0 Å². The number of nitrogens with one attached hydrogen (secondary N) is 1. The molecular formula is C31H35N5O5. The van der Waals surface area contributed by atoms with E-state index in [0.29, 0.717) is 37.3 Å². The van der Waals surface area contributed by atoms with Crippen LogP contribution in [0, 0.1) is 5.41 Å². The molecule has 3 aromatic rings. The van der Waals surface area contributed by atoms with Crippen molar-refractivity contribution in [2.75, 3.05) is 24.5 Å². The maximum atomic E-state index is 13.4. The van der Waals surface area contributed by atoms with Gasteiger partial charge in [-0.2, -0.15) is 5.10 Å². The SMILES string of the molecule is CC1(CN2CCC(n3cc(Cc4ccc5c6c(cccc46)C(=O)N5C4CCC(=O)NC4=O)cn3)CC2)CC(O)(O)C1. The third-order valence-electron chi connectivity index (χ3n) is 9.35. The van der Waals surface area contributed by atoms with Crippen molar-refractivity contribution < 1.29 is 24.6 Å². The van der Waals surface area contributed by atoms with Crippen molar-refractivity contribution in [2.45, 2.75) is 69.7 Å². The lowest BCUT2D eigenvalue weighted by Crippen LogP contribution is -2.55. The van der Waals surface area contributed by atoms with Crippen LogP contribution in [0.1, 0.15) is 73.0 Å². The lowest BCUT2D eigenvalue weighted by molar-refractivity contribution is -0.266. The van der Waals surface area contributed by atoms with Crippen LogP contribution >= 0.6 is 0 Å². The van der Waals surface area contributed by atoms with Crippen LogP contribution < -0.4 is 10.2 Å². The molecule has 2 aromatic carbocycles. The van der Waals surface area contributed by atoms with Gasteiger partial charge in [0.1, 0.15) is 6.04 Å². The lowest BCUT2D eigenvalue weighted by atomic mass is 9.65. The Bertz CT molecular complexity index is 1560. The maximum Gasteiger partial charge on any atom is 0.259 e. The topological polar surface area (TPSA) is 128 Å². The average molecular weight is 558 g/mol. The lowest BCUT2D eigenvalue weighted by Gasteiger charge is -2.51. The summed E-state index contributed by atoms with van der Waals surface area (Å²) in [6, 6.07) is 9.32. The number of benzene rings is 2. The summed E-state index contributed by atoms with van der Waals surface area (Å²) in [5.74, 6) is -2.42. The summed E-state index contributed by atoms with van der Waals surface area (Å²) in [4.78, 5) is 41.7. The number of aromatic nitrogens is 2. The number of imide groups is 1. The second kappa shape index (κ2) is 9.47. The van der Waals surface area contributed by atoms with E-state index in [1.807, 2.05) is 36.5 Å². The first-order valence-corrected chi connectivity index (χ1v) is 14.5. The van der Waals surface area contributed by atoms with E-state index in [2.05, 4.69) is 28.0 Å². The van der Waals surface area contributed by atoms with E-state index < -0.39 is 17.7 Å². The molecule has 41 heavy (non-hydrogen) atoms. The van der Waals surface area contributed by atoms with Gasteiger partial charge < -0.3 is 15.1 Å². The molecule has 4 aliphatic rings. The summed E-state index contributed by atoms with van der Waals surface area (Å²) in [6.45, 7) is 4.95. The Morgan fingerprint density at radius 1 is 1.05 bits per heavy atom. The predicted molar refractivity (Wildman–Crippen MR) is 151 cm³/mol. The van der Waals surface area contributed by atoms with E-state index in [0.717, 1.165) is 60.1 Å². The van der Waals surface area contributed by atoms with Crippen LogP contribution in [-0.2, 0) is 16.0 Å². The summed E-state index contributed by atoms with van der Waals surface area (Å²) >= 11 is 0. The number of amides is 3. The molecule has 1 atom stereocenters. The minimum Gasteiger partial charge on any atom is -0.366 e. The molecule has 0 radical (unpaired) electrons. The molecule has 214 valence electrons. The van der Waals surface area contributed by atoms with Gasteiger partial charge in [-0.3, -0.25) is 29.3 Å². The Morgan fingerprint density at radius 3 is 2.56 bits per heavy atom. The fourth-order valence-electron chi connectivity index (χ4n) is 7.66. The molecule has 10 heteroatoms. The van der Waals surface area contributed by atoms with Crippen LogP contribution in [0.5, 0.6) is 0 Å². The molecule has 1 aromatic heterocycles. The largest absolute Gasteiger partial charge is 0.366 e. The van der Waals surface area contributed by atoms with E-state index in [4.69, 9.17) is 5.10 Å². The number of aliphatic hydroxyl groups is 2. The molecule has 1 unspecified atom stereocenters. The van der Waals surface area contributed by atoms with Gasteiger partial charge in [-0.15, -0.1) is 0 Å². The average Bonchev–Trinajstić information content (AvgIpc) is 3.48. The standard InChI is InChI=1S/C31H35N5O5/c1-30(16-31(40,41)17-30)18-34-11-9-21(10-12-34)35-15-19(14-32-35)13-20-5-6-24-27-22(20)3-2-4-23(27)29(39)36(24)25-7-8-26(37)33-28(25)38/h2-6,14-15,21,25,40-41H,7-13,16-18H2,1H3,(H,33,37,38). The van der Waals surface area contributed by atoms with Crippen LogP contribution in [0.3, 0.4) is 0 Å². The zero-order chi connectivity index (χ0) is 28.5. The molecule has 4 heterocycles. The molecule has 2 saturated heterocycles. The van der Waals surface area contributed by atoms with Crippen molar-refractivity contribution in [3.63, 3.8) is 0 Å². The predicted octanol–water partition coefficient (Wildman–Crippen LogP) is 2.51. The Balaban J connectivity index is 1.06. The molecule has 3 N–H and O–H groups in total. The van der Waals surface area contributed by atoms with E-state index in [9.17, 15) is 24.6 Å². The monoisotopic (exact) mass is 557 g/mol. The first-order valence-electron chi connectivity index (χ1n) is 14.5. The molecule has 7 rings (SSSR count). The molecular weight excluding hydrogens is 522 g/mol. The van der Waals surface area contributed by atoms with Crippen molar-refractivity contribution in [1.29, 1.82) is 0 Å². The van der Waals surface area contributed by atoms with E-state index in [-0.39, 0.29) is 23.7 Å². The van der Waals surface area contributed by atoms with E-state index >= 15 is 0 Å². The zero-order valence-corrected chi connectivity index (χ0v) is 23.2. The number of nitrogens with zero attached hydrogens (tertiary/aromatic N) is 4. The van der Waals surface area contributed by atoms with E-state index in [1.54, 1.807) is 4.90 Å². The number of carbonyl (C=O) groups excluding carboxylic acids is 3. The fourth-order valence-corrected chi connectivity index (χ4v) is 7.66. The Hall–Kier alpha value is -3.60. The molecule has 10 nitrogen and oxygen atoms in total. The molecule has 1 saturated carbocycles. The Labute approximate surface area is 237 Å². The van der Waals surface area contributed by atoms with Crippen LogP contribution in [-0.4, -0.2) is 74.1 Å². The summed E-state index contributed by atoms with van der Waals surface area (Å²) in [7, 11) is 0. The smallest absolute Gasteiger partial charge is 0.259 e. The number of hydrogen-bond acceptors (Lipinski definition) is 7. The summed E-state index contributed by atoms with van der Waals surface area (Å²) in [5.41, 5.74) is 3.48. The van der Waals surface area contributed by atoms with Gasteiger partial charge in [0.05, 0.1) is 17.9 Å². The zero-order valence-electron chi connectivity index (χ0n) is 23.2. The Morgan fingerprint density at radius 2 is 1.83 bits per heavy atom. The van der Waals surface area contributed by atoms with Gasteiger partial charge in [-0.25, -0.2) is 0 Å². The van der Waals surface area contributed by atoms with Gasteiger partial charge in [0.25, 0.3) is 5.91 Å². The van der Waals surface area contributed by atoms with Gasteiger partial charge in [0.2, 0.25) is 11.8 Å². The molecule has 3 aliphatic heterocycles. The van der Waals surface area contributed by atoms with Gasteiger partial charge >= 0.3 is 0 Å². The minimum absolute atomic E-state index is 0.0294. The highest BCUT2D eigenvalue weighted by molar-refractivity contribution is 6.27.